The second-order valence-electron chi connectivity index (χ2n) is 14.0. The molecule has 1 aliphatic rings. The van der Waals surface area contributed by atoms with Crippen LogP contribution in [-0.4, -0.2) is 39.1 Å². The second kappa shape index (κ2) is 12.4. The van der Waals surface area contributed by atoms with Crippen molar-refractivity contribution in [3.05, 3.63) is 93.0 Å². The number of halogens is 2. The van der Waals surface area contributed by atoms with E-state index >= 15 is 4.79 Å². The van der Waals surface area contributed by atoms with E-state index in [1.54, 1.807) is 76.2 Å². The van der Waals surface area contributed by atoms with Crippen LogP contribution in [0.25, 0.3) is 0 Å². The van der Waals surface area contributed by atoms with E-state index in [9.17, 15) is 18.3 Å². The summed E-state index contributed by atoms with van der Waals surface area (Å²) in [5, 5.41) is 14.0. The summed E-state index contributed by atoms with van der Waals surface area (Å²) in [4.78, 5) is 28.4. The molecule has 8 nitrogen and oxygen atoms in total. The van der Waals surface area contributed by atoms with E-state index in [0.29, 0.717) is 26.7 Å². The van der Waals surface area contributed by atoms with Gasteiger partial charge in [0.1, 0.15) is 17.8 Å². The summed E-state index contributed by atoms with van der Waals surface area (Å²) in [6.45, 7) is 14.4. The molecule has 1 heterocycles. The highest BCUT2D eigenvalue weighted by atomic mass is 35.5. The first-order valence-corrected chi connectivity index (χ1v) is 16.9. The lowest BCUT2D eigenvalue weighted by molar-refractivity contribution is -0.311. The highest BCUT2D eigenvalue weighted by Gasteiger charge is 2.59. The highest BCUT2D eigenvalue weighted by molar-refractivity contribution is 7.89. The van der Waals surface area contributed by atoms with Gasteiger partial charge in [-0.3, -0.25) is 0 Å². The number of nitrogens with one attached hydrogen (secondary N) is 1. The Balaban J connectivity index is 2.12. The fourth-order valence-electron chi connectivity index (χ4n) is 5.88. The fraction of sp³-hybridized carbons (Fsp3) is 0.412. The molecule has 0 saturated heterocycles. The Labute approximate surface area is 275 Å². The predicted octanol–water partition coefficient (Wildman–Crippen LogP) is 6.08. The summed E-state index contributed by atoms with van der Waals surface area (Å²) in [7, 11) is -4.48. The zero-order valence-corrected chi connectivity index (χ0v) is 29.1. The van der Waals surface area contributed by atoms with Crippen molar-refractivity contribution in [2.45, 2.75) is 78.7 Å². The Morgan fingerprint density at radius 2 is 1.60 bits per heavy atom. The first kappa shape index (κ1) is 35.1. The van der Waals surface area contributed by atoms with Gasteiger partial charge in [-0.15, -0.1) is 0 Å². The standard InChI is InChI=1S/C34H40Cl2N2O6S/c1-20-13-15-23(17-21(20)2)45(42,43)37-30(32(40)41)38(19-33(3,4)5)27-16-14-22(35)18-25(27)28(24-11-9-10-12-26(24)36)44-29(31(38)39)34(6,7)8/h9-18,28-30,37H,19H2,1-8H3/t28-,29+,30?,38?/m0/s1. The molecule has 1 aliphatic heterocycles. The van der Waals surface area contributed by atoms with E-state index in [1.807, 2.05) is 27.7 Å². The van der Waals surface area contributed by atoms with Crippen LogP contribution in [0.3, 0.4) is 0 Å². The molecular formula is C34H40Cl2N2O6S. The Kier molecular flexibility index (Phi) is 9.69. The van der Waals surface area contributed by atoms with E-state index in [4.69, 9.17) is 27.9 Å². The van der Waals surface area contributed by atoms with E-state index in [-0.39, 0.29) is 17.1 Å². The summed E-state index contributed by atoms with van der Waals surface area (Å²) < 4.78 is 36.0. The smallest absolute Gasteiger partial charge is 0.349 e. The maximum Gasteiger partial charge on any atom is 0.349 e. The topological polar surface area (TPSA) is 113 Å². The van der Waals surface area contributed by atoms with Crippen molar-refractivity contribution in [1.82, 2.24) is 9.21 Å². The number of hydrogen-bond donors (Lipinski definition) is 1. The van der Waals surface area contributed by atoms with Gasteiger partial charge in [-0.1, -0.05) is 89.0 Å². The average molecular weight is 676 g/mol. The van der Waals surface area contributed by atoms with Gasteiger partial charge in [-0.05, 0) is 55.3 Å². The van der Waals surface area contributed by atoms with Crippen LogP contribution in [0.15, 0.2) is 65.6 Å². The molecule has 4 rings (SSSR count). The average Bonchev–Trinajstić information content (AvgIpc) is 3.01. The molecule has 0 fully saturated rings. The van der Waals surface area contributed by atoms with Crippen molar-refractivity contribution in [3.8, 4) is 0 Å². The molecule has 0 aliphatic carbocycles. The maximum absolute atomic E-state index is 15.2. The molecule has 45 heavy (non-hydrogen) atoms. The first-order valence-electron chi connectivity index (χ1n) is 14.6. The fourth-order valence-corrected chi connectivity index (χ4v) is 7.58. The minimum Gasteiger partial charge on any atom is -0.543 e. The van der Waals surface area contributed by atoms with Gasteiger partial charge in [-0.25, -0.2) is 17.7 Å². The van der Waals surface area contributed by atoms with E-state index < -0.39 is 55.6 Å². The van der Waals surface area contributed by atoms with E-state index in [1.165, 1.54) is 12.1 Å². The molecule has 0 aromatic heterocycles. The number of fused-ring (bicyclic) bond motifs is 1. The maximum atomic E-state index is 15.2. The predicted molar refractivity (Wildman–Crippen MR) is 175 cm³/mol. The van der Waals surface area contributed by atoms with Gasteiger partial charge in [0.15, 0.2) is 6.10 Å². The highest BCUT2D eigenvalue weighted by Crippen LogP contribution is 2.49. The number of rotatable bonds is 7. The van der Waals surface area contributed by atoms with Crippen molar-refractivity contribution in [2.75, 3.05) is 6.54 Å². The second-order valence-corrected chi connectivity index (χ2v) is 16.6. The third-order valence-corrected chi connectivity index (χ3v) is 10.00. The summed E-state index contributed by atoms with van der Waals surface area (Å²) in [5.41, 5.74) is 1.14. The molecule has 0 saturated carbocycles. The molecule has 1 N–H and O–H groups in total. The molecule has 11 heteroatoms. The monoisotopic (exact) mass is 674 g/mol. The zero-order chi connectivity index (χ0) is 33.7. The van der Waals surface area contributed by atoms with Crippen LogP contribution in [0.2, 0.25) is 10.0 Å². The SMILES string of the molecule is Cc1ccc(S(=O)(=O)NC(C(=O)[O-])[N+]2(CC(C)(C)C)C(=O)[C@H](C(C)(C)C)O[C@@H](c3ccccc3Cl)c3cc(Cl)ccc32)cc1C. The molecule has 242 valence electrons. The summed E-state index contributed by atoms with van der Waals surface area (Å²) in [6, 6.07) is 16.3. The van der Waals surface area contributed by atoms with Crippen molar-refractivity contribution < 1.29 is 27.9 Å². The third-order valence-electron chi connectivity index (χ3n) is 8.01. The third kappa shape index (κ3) is 6.99. The molecule has 3 aromatic carbocycles. The van der Waals surface area contributed by atoms with Crippen LogP contribution >= 0.6 is 23.2 Å². The number of carboxylic acid groups (broad SMARTS) is 1. The molecule has 0 spiro atoms. The molecule has 0 bridgehead atoms. The lowest BCUT2D eigenvalue weighted by atomic mass is 9.85. The number of hydrogen-bond acceptors (Lipinski definition) is 6. The number of quaternary nitrogens is 1. The number of carboxylic acids is 1. The number of ether oxygens (including phenoxy) is 1. The molecule has 2 unspecified atom stereocenters. The van der Waals surface area contributed by atoms with Gasteiger partial charge in [0.25, 0.3) is 0 Å². The minimum absolute atomic E-state index is 0.125. The van der Waals surface area contributed by atoms with Gasteiger partial charge in [0.2, 0.25) is 16.2 Å². The summed E-state index contributed by atoms with van der Waals surface area (Å²) in [5.74, 6) is -2.42. The molecule has 0 radical (unpaired) electrons. The van der Waals surface area contributed by atoms with Crippen LogP contribution < -0.4 is 14.3 Å². The van der Waals surface area contributed by atoms with Crippen molar-refractivity contribution in [3.63, 3.8) is 0 Å². The molecule has 4 atom stereocenters. The number of benzene rings is 3. The van der Waals surface area contributed by atoms with E-state index in [0.717, 1.165) is 5.56 Å². The minimum atomic E-state index is -4.48. The Morgan fingerprint density at radius 1 is 0.956 bits per heavy atom. The van der Waals surface area contributed by atoms with Gasteiger partial charge < -0.3 is 14.6 Å². The van der Waals surface area contributed by atoms with Crippen molar-refractivity contribution in [2.24, 2.45) is 10.8 Å². The summed E-state index contributed by atoms with van der Waals surface area (Å²) in [6.07, 6.45) is -4.25. The van der Waals surface area contributed by atoms with E-state index in [2.05, 4.69) is 4.72 Å². The number of carbonyl (C=O) groups is 2. The number of sulfonamides is 1. The van der Waals surface area contributed by atoms with Crippen LogP contribution in [0.1, 0.15) is 69.9 Å². The number of carbonyl (C=O) groups excluding carboxylic acids is 2. The van der Waals surface area contributed by atoms with Crippen molar-refractivity contribution in [1.29, 1.82) is 0 Å². The molecular weight excluding hydrogens is 635 g/mol. The van der Waals surface area contributed by atoms with Crippen LogP contribution in [0.4, 0.5) is 5.69 Å². The number of nitrogens with zero attached hydrogens (tertiary/aromatic N) is 1. The lowest BCUT2D eigenvalue weighted by Gasteiger charge is -2.46. The number of aliphatic carboxylic acids is 1. The number of amides is 1. The largest absolute Gasteiger partial charge is 0.543 e. The van der Waals surface area contributed by atoms with Crippen LogP contribution in [0.5, 0.6) is 0 Å². The Morgan fingerprint density at radius 3 is 2.16 bits per heavy atom. The van der Waals surface area contributed by atoms with Crippen LogP contribution in [-0.2, 0) is 24.3 Å². The quantitative estimate of drug-likeness (QED) is 0.304. The normalized spacial score (nSPS) is 21.6. The van der Waals surface area contributed by atoms with Crippen LogP contribution in [0, 0.1) is 24.7 Å². The zero-order valence-electron chi connectivity index (χ0n) is 26.8. The summed E-state index contributed by atoms with van der Waals surface area (Å²) >= 11 is 13.2. The first-order chi connectivity index (χ1) is 20.7. The van der Waals surface area contributed by atoms with Gasteiger partial charge in [0.05, 0.1) is 11.4 Å². The van der Waals surface area contributed by atoms with Gasteiger partial charge in [-0.2, -0.15) is 4.72 Å². The Bertz CT molecular complexity index is 1750. The van der Waals surface area contributed by atoms with Gasteiger partial charge >= 0.3 is 5.91 Å². The van der Waals surface area contributed by atoms with Crippen molar-refractivity contribution >= 4 is 50.8 Å². The number of aryl methyl sites for hydroxylation is 2. The Hall–Kier alpha value is -2.79. The molecule has 1 amide bonds. The lowest BCUT2D eigenvalue weighted by Crippen LogP contribution is -2.75. The molecule has 3 aromatic rings. The van der Waals surface area contributed by atoms with Gasteiger partial charge in [0, 0.05) is 38.1 Å².